The van der Waals surface area contributed by atoms with Crippen LogP contribution in [0.25, 0.3) is 0 Å². The molecule has 0 unspecified atom stereocenters. The molecule has 1 N–H and O–H groups in total. The van der Waals surface area contributed by atoms with Crippen LogP contribution in [0, 0.1) is 27.6 Å². The third-order valence-electron chi connectivity index (χ3n) is 5.88. The number of hydrogen-bond acceptors (Lipinski definition) is 9. The van der Waals surface area contributed by atoms with Gasteiger partial charge in [0.25, 0.3) is 5.69 Å². The van der Waals surface area contributed by atoms with E-state index in [4.69, 9.17) is 21.1 Å². The van der Waals surface area contributed by atoms with Gasteiger partial charge in [0.1, 0.15) is 17.1 Å². The lowest BCUT2D eigenvalue weighted by molar-refractivity contribution is -0.386. The summed E-state index contributed by atoms with van der Waals surface area (Å²) in [4.78, 5) is 41.7. The van der Waals surface area contributed by atoms with Gasteiger partial charge in [0.15, 0.2) is 11.6 Å². The Balaban J connectivity index is 2.06. The highest BCUT2D eigenvalue weighted by Gasteiger charge is 2.27. The number of hydrogen-bond donors (Lipinski definition) is 1. The molecule has 0 aliphatic carbocycles. The molecule has 0 bridgehead atoms. The minimum atomic E-state index is -1.31. The smallest absolute Gasteiger partial charge is 0.410 e. The Hall–Kier alpha value is -4.59. The average Bonchev–Trinajstić information content (AvgIpc) is 2.94. The molecule has 0 fully saturated rings. The molecule has 0 radical (unpaired) electrons. The molecule has 1 amide bonds. The highest BCUT2D eigenvalue weighted by atomic mass is 35.5. The molecular weight excluding hydrogens is 597 g/mol. The Morgan fingerprint density at radius 2 is 1.72 bits per heavy atom. The van der Waals surface area contributed by atoms with Crippen LogP contribution in [0.3, 0.4) is 0 Å². The number of ether oxygens (including phenoxy) is 3. The second kappa shape index (κ2) is 13.6. The Kier molecular flexibility index (Phi) is 10.4. The zero-order chi connectivity index (χ0) is 32.1. The topological polar surface area (TPSA) is 133 Å². The first kappa shape index (κ1) is 32.9. The van der Waals surface area contributed by atoms with Crippen LogP contribution >= 0.6 is 11.6 Å². The van der Waals surface area contributed by atoms with Crippen LogP contribution in [-0.2, 0) is 22.4 Å². The summed E-state index contributed by atoms with van der Waals surface area (Å²) in [5.74, 6) is -4.33. The normalized spacial score (nSPS) is 11.1. The van der Waals surface area contributed by atoms with Gasteiger partial charge in [-0.2, -0.15) is 0 Å². The van der Waals surface area contributed by atoms with Crippen LogP contribution in [0.5, 0.6) is 5.88 Å². The summed E-state index contributed by atoms with van der Waals surface area (Å²) >= 11 is 6.32. The quantitative estimate of drug-likeness (QED) is 0.151. The number of benzene rings is 2. The fourth-order valence-electron chi connectivity index (χ4n) is 3.87. The van der Waals surface area contributed by atoms with E-state index in [2.05, 4.69) is 15.0 Å². The molecule has 0 aliphatic rings. The first-order valence-electron chi connectivity index (χ1n) is 12.6. The van der Waals surface area contributed by atoms with E-state index in [9.17, 15) is 32.9 Å². The van der Waals surface area contributed by atoms with E-state index in [0.717, 1.165) is 18.1 Å². The van der Waals surface area contributed by atoms with Crippen LogP contribution < -0.4 is 10.1 Å². The molecule has 2 aromatic carbocycles. The Morgan fingerprint density at radius 3 is 2.33 bits per heavy atom. The van der Waals surface area contributed by atoms with Gasteiger partial charge in [-0.25, -0.2) is 27.7 Å². The number of esters is 1. The number of nitrogens with zero attached hydrogens (tertiary/aromatic N) is 3. The lowest BCUT2D eigenvalue weighted by Crippen LogP contribution is -2.38. The summed E-state index contributed by atoms with van der Waals surface area (Å²) in [6.07, 6.45) is -1.01. The number of carbonyl (C=O) groups is 2. The number of rotatable bonds is 10. The SMILES string of the molecule is COC(=O)c1cc(F)c(F)cc1Nc1ccc(F)c(Cl)c1CN(CCc1nc(OC)ccc1[N+](=O)[O-])C(=O)OC(C)(C)C. The Bertz CT molecular complexity index is 1550. The molecule has 3 aromatic rings. The van der Waals surface area contributed by atoms with Gasteiger partial charge in [-0.1, -0.05) is 11.6 Å². The number of methoxy groups -OCH3 is 2. The summed E-state index contributed by atoms with van der Waals surface area (Å²) in [7, 11) is 2.39. The van der Waals surface area contributed by atoms with Crippen molar-refractivity contribution in [2.24, 2.45) is 0 Å². The maximum Gasteiger partial charge on any atom is 0.410 e. The molecule has 3 rings (SSSR count). The van der Waals surface area contributed by atoms with Crippen LogP contribution in [0.15, 0.2) is 36.4 Å². The lowest BCUT2D eigenvalue weighted by Gasteiger charge is -2.28. The number of aromatic nitrogens is 1. The van der Waals surface area contributed by atoms with Crippen LogP contribution in [0.1, 0.15) is 42.4 Å². The zero-order valence-electron chi connectivity index (χ0n) is 23.8. The van der Waals surface area contributed by atoms with Crippen molar-refractivity contribution in [3.63, 3.8) is 0 Å². The number of halogens is 4. The second-order valence-electron chi connectivity index (χ2n) is 10.0. The van der Waals surface area contributed by atoms with Crippen molar-refractivity contribution < 1.29 is 41.9 Å². The minimum absolute atomic E-state index is 0.00565. The molecule has 0 aliphatic heterocycles. The van der Waals surface area contributed by atoms with Crippen LogP contribution in [0.2, 0.25) is 5.02 Å². The minimum Gasteiger partial charge on any atom is -0.481 e. The number of nitro groups is 1. The standard InChI is InChI=1S/C28H28ClF3N4O7/c1-28(2,3)43-27(38)35(11-10-21-23(36(39)40)8-9-24(34-21)41-4)14-16-20(7-6-17(30)25(16)29)33-22-13-19(32)18(31)12-15(22)26(37)42-5/h6-9,12-13,33H,10-11,14H2,1-5H3. The molecule has 43 heavy (non-hydrogen) atoms. The van der Waals surface area contributed by atoms with Gasteiger partial charge in [0, 0.05) is 42.4 Å². The van der Waals surface area contributed by atoms with Crippen molar-refractivity contribution >= 4 is 40.7 Å². The van der Waals surface area contributed by atoms with Gasteiger partial charge >= 0.3 is 12.1 Å². The third-order valence-corrected chi connectivity index (χ3v) is 6.29. The van der Waals surface area contributed by atoms with Gasteiger partial charge < -0.3 is 24.4 Å². The monoisotopic (exact) mass is 624 g/mol. The first-order valence-corrected chi connectivity index (χ1v) is 13.0. The number of carbonyl (C=O) groups excluding carboxylic acids is 2. The second-order valence-corrected chi connectivity index (χ2v) is 10.4. The largest absolute Gasteiger partial charge is 0.481 e. The van der Waals surface area contributed by atoms with E-state index in [1.165, 1.54) is 25.3 Å². The third kappa shape index (κ3) is 8.25. The van der Waals surface area contributed by atoms with E-state index >= 15 is 0 Å². The van der Waals surface area contributed by atoms with Crippen LogP contribution in [0.4, 0.5) is 35.0 Å². The summed E-state index contributed by atoms with van der Waals surface area (Å²) in [6.45, 7) is 4.24. The zero-order valence-corrected chi connectivity index (χ0v) is 24.6. The van der Waals surface area contributed by atoms with Crippen molar-refractivity contribution in [1.82, 2.24) is 9.88 Å². The fourth-order valence-corrected chi connectivity index (χ4v) is 4.09. The van der Waals surface area contributed by atoms with Gasteiger partial charge in [0.05, 0.1) is 42.0 Å². The summed E-state index contributed by atoms with van der Waals surface area (Å²) < 4.78 is 58.0. The van der Waals surface area contributed by atoms with Gasteiger partial charge in [-0.3, -0.25) is 10.1 Å². The first-order chi connectivity index (χ1) is 20.1. The summed E-state index contributed by atoms with van der Waals surface area (Å²) in [5.41, 5.74) is -1.86. The van der Waals surface area contributed by atoms with Crippen molar-refractivity contribution in [1.29, 1.82) is 0 Å². The highest BCUT2D eigenvalue weighted by Crippen LogP contribution is 2.33. The molecule has 15 heteroatoms. The number of amides is 1. The predicted octanol–water partition coefficient (Wildman–Crippen LogP) is 6.58. The number of anilines is 2. The van der Waals surface area contributed by atoms with E-state index in [-0.39, 0.29) is 52.7 Å². The highest BCUT2D eigenvalue weighted by molar-refractivity contribution is 6.32. The van der Waals surface area contributed by atoms with Crippen molar-refractivity contribution in [3.05, 3.63) is 85.8 Å². The van der Waals surface area contributed by atoms with Crippen molar-refractivity contribution in [3.8, 4) is 5.88 Å². The predicted molar refractivity (Wildman–Crippen MR) is 150 cm³/mol. The van der Waals surface area contributed by atoms with Crippen molar-refractivity contribution in [2.75, 3.05) is 26.1 Å². The van der Waals surface area contributed by atoms with E-state index in [1.54, 1.807) is 20.8 Å². The summed E-state index contributed by atoms with van der Waals surface area (Å²) in [5, 5.41) is 13.9. The molecule has 1 heterocycles. The molecule has 0 saturated heterocycles. The number of pyridine rings is 1. The van der Waals surface area contributed by atoms with Gasteiger partial charge in [-0.05, 0) is 39.0 Å². The Labute approximate surface area is 249 Å². The molecule has 0 spiro atoms. The summed E-state index contributed by atoms with van der Waals surface area (Å²) in [6, 6.07) is 6.09. The molecule has 230 valence electrons. The van der Waals surface area contributed by atoms with E-state index < -0.39 is 51.6 Å². The maximum atomic E-state index is 14.7. The lowest BCUT2D eigenvalue weighted by atomic mass is 10.1. The molecule has 11 nitrogen and oxygen atoms in total. The van der Waals surface area contributed by atoms with Crippen LogP contribution in [-0.4, -0.2) is 53.2 Å². The molecule has 0 saturated carbocycles. The van der Waals surface area contributed by atoms with E-state index in [1.807, 2.05) is 0 Å². The molecule has 0 atom stereocenters. The van der Waals surface area contributed by atoms with E-state index in [0.29, 0.717) is 12.1 Å². The van der Waals surface area contributed by atoms with Gasteiger partial charge in [-0.15, -0.1) is 0 Å². The van der Waals surface area contributed by atoms with Crippen molar-refractivity contribution in [2.45, 2.75) is 39.3 Å². The Morgan fingerprint density at radius 1 is 1.05 bits per heavy atom. The molecular formula is C28H28ClF3N4O7. The average molecular weight is 625 g/mol. The molecule has 1 aromatic heterocycles. The maximum absolute atomic E-state index is 14.7. The fraction of sp³-hybridized carbons (Fsp3) is 0.321. The number of nitrogens with one attached hydrogen (secondary N) is 1. The van der Waals surface area contributed by atoms with Gasteiger partial charge in [0.2, 0.25) is 5.88 Å².